The van der Waals surface area contributed by atoms with Crippen molar-refractivity contribution in [3.63, 3.8) is 0 Å². The largest absolute Gasteiger partial charge is 0.445 e. The van der Waals surface area contributed by atoms with Crippen LogP contribution in [0.15, 0.2) is 53.3 Å². The van der Waals surface area contributed by atoms with Gasteiger partial charge in [0.05, 0.1) is 37.1 Å². The lowest BCUT2D eigenvalue weighted by Crippen LogP contribution is -2.52. The Morgan fingerprint density at radius 1 is 1.18 bits per heavy atom. The average molecular weight is 627 g/mol. The lowest BCUT2D eigenvalue weighted by atomic mass is 9.94. The van der Waals surface area contributed by atoms with Gasteiger partial charge in [0.2, 0.25) is 5.89 Å². The molecule has 3 N–H and O–H groups in total. The van der Waals surface area contributed by atoms with E-state index in [0.717, 1.165) is 25.3 Å². The molecule has 242 valence electrons. The molecule has 2 aliphatic rings. The van der Waals surface area contributed by atoms with E-state index in [0.29, 0.717) is 38.3 Å². The maximum absolute atomic E-state index is 14.1. The number of oxazole rings is 1. The summed E-state index contributed by atoms with van der Waals surface area (Å²) in [4.78, 5) is 33.5. The summed E-state index contributed by atoms with van der Waals surface area (Å²) in [6, 6.07) is 6.37. The van der Waals surface area contributed by atoms with Crippen LogP contribution in [0, 0.1) is 11.6 Å². The maximum atomic E-state index is 14.1. The molecule has 10 nitrogen and oxygen atoms in total. The number of ether oxygens (including phenoxy) is 2. The number of aliphatic hydroxyl groups excluding tert-OH is 1. The van der Waals surface area contributed by atoms with Gasteiger partial charge in [-0.1, -0.05) is 6.92 Å². The Kier molecular flexibility index (Phi) is 10.9. The zero-order valence-corrected chi connectivity index (χ0v) is 25.5. The van der Waals surface area contributed by atoms with Crippen molar-refractivity contribution >= 4 is 11.8 Å². The Hall–Kier alpha value is -3.71. The van der Waals surface area contributed by atoms with E-state index in [1.807, 2.05) is 6.92 Å². The van der Waals surface area contributed by atoms with E-state index in [4.69, 9.17) is 13.9 Å². The summed E-state index contributed by atoms with van der Waals surface area (Å²) >= 11 is 0. The smallest absolute Gasteiger partial charge is 0.254 e. The van der Waals surface area contributed by atoms with Crippen LogP contribution in [-0.2, 0) is 15.9 Å². The second-order valence-corrected chi connectivity index (χ2v) is 11.7. The summed E-state index contributed by atoms with van der Waals surface area (Å²) in [5.41, 5.74) is 1.12. The molecule has 0 aliphatic carbocycles. The molecule has 45 heavy (non-hydrogen) atoms. The molecule has 0 bridgehead atoms. The third-order valence-corrected chi connectivity index (χ3v) is 8.32. The summed E-state index contributed by atoms with van der Waals surface area (Å²) in [6.07, 6.45) is 4.61. The quantitative estimate of drug-likeness (QED) is 0.262. The average Bonchev–Trinajstić information content (AvgIpc) is 3.81. The predicted octanol–water partition coefficient (Wildman–Crippen LogP) is 3.73. The van der Waals surface area contributed by atoms with Crippen molar-refractivity contribution in [2.45, 2.75) is 69.4 Å². The molecule has 1 aromatic heterocycles. The van der Waals surface area contributed by atoms with Gasteiger partial charge in [0.15, 0.2) is 0 Å². The molecule has 3 aromatic rings. The first-order valence-electron chi connectivity index (χ1n) is 15.4. The van der Waals surface area contributed by atoms with Gasteiger partial charge in [-0.2, -0.15) is 0 Å². The highest BCUT2D eigenvalue weighted by Crippen LogP contribution is 2.26. The van der Waals surface area contributed by atoms with Crippen molar-refractivity contribution in [2.24, 2.45) is 0 Å². The standard InChI is InChI=1S/C33H40F2N4O6/c1-3-8-44-27-17-28(37-18-27)30(40)29(12-20-10-24(34)16-25(35)11-20)38-31(41)21-13-22(32-36-6-9-45-32)15-23(14-21)33(42)39-7-4-5-26(39)19-43-2/h6,9-11,13-16,26-30,37,40H,3-5,7-8,12,17-19H2,1-2H3,(H,38,41)/t26?,27-,28-,29+,30-/m1/s1. The van der Waals surface area contributed by atoms with E-state index in [-0.39, 0.29) is 47.1 Å². The SMILES string of the molecule is CCCO[C@H]1CN[C@@H]([C@@H](O)[C@H](Cc2cc(F)cc(F)c2)NC(=O)c2cc(C(=O)N3CCCC3COC)cc(-c3ncco3)c2)C1. The molecule has 12 heteroatoms. The van der Waals surface area contributed by atoms with Gasteiger partial charge < -0.3 is 34.5 Å². The van der Waals surface area contributed by atoms with Gasteiger partial charge >= 0.3 is 0 Å². The van der Waals surface area contributed by atoms with Crippen LogP contribution >= 0.6 is 0 Å². The van der Waals surface area contributed by atoms with E-state index in [1.54, 1.807) is 24.1 Å². The number of amides is 2. The predicted molar refractivity (Wildman–Crippen MR) is 162 cm³/mol. The van der Waals surface area contributed by atoms with Crippen molar-refractivity contribution in [2.75, 3.05) is 33.4 Å². The Labute approximate surface area is 261 Å². The van der Waals surface area contributed by atoms with Crippen LogP contribution in [0.25, 0.3) is 11.5 Å². The number of benzene rings is 2. The Morgan fingerprint density at radius 2 is 1.96 bits per heavy atom. The van der Waals surface area contributed by atoms with Crippen LogP contribution in [-0.4, -0.2) is 90.6 Å². The first kappa shape index (κ1) is 32.7. The zero-order valence-electron chi connectivity index (χ0n) is 25.5. The van der Waals surface area contributed by atoms with Crippen molar-refractivity contribution in [1.82, 2.24) is 20.5 Å². The molecule has 0 spiro atoms. The summed E-state index contributed by atoms with van der Waals surface area (Å²) in [5, 5.41) is 17.6. The fourth-order valence-electron chi connectivity index (χ4n) is 6.18. The minimum atomic E-state index is -1.12. The fourth-order valence-corrected chi connectivity index (χ4v) is 6.18. The van der Waals surface area contributed by atoms with E-state index < -0.39 is 35.7 Å². The van der Waals surface area contributed by atoms with Crippen molar-refractivity contribution in [3.8, 4) is 11.5 Å². The molecule has 1 unspecified atom stereocenters. The first-order valence-corrected chi connectivity index (χ1v) is 15.4. The van der Waals surface area contributed by atoms with Gasteiger partial charge in [-0.25, -0.2) is 13.8 Å². The number of aliphatic hydroxyl groups is 1. The normalized spacial score (nSPS) is 21.2. The van der Waals surface area contributed by atoms with Crippen molar-refractivity contribution in [3.05, 3.63) is 77.2 Å². The Morgan fingerprint density at radius 3 is 2.67 bits per heavy atom. The zero-order chi connectivity index (χ0) is 31.9. The van der Waals surface area contributed by atoms with E-state index >= 15 is 0 Å². The number of likely N-dealkylation sites (tertiary alicyclic amines) is 1. The second-order valence-electron chi connectivity index (χ2n) is 11.7. The molecule has 0 radical (unpaired) electrons. The van der Waals surface area contributed by atoms with Gasteiger partial charge in [-0.3, -0.25) is 9.59 Å². The molecule has 2 amide bonds. The third-order valence-electron chi connectivity index (χ3n) is 8.32. The van der Waals surface area contributed by atoms with Gasteiger partial charge in [-0.05, 0) is 68.0 Å². The van der Waals surface area contributed by atoms with E-state index in [9.17, 15) is 23.5 Å². The van der Waals surface area contributed by atoms with E-state index in [1.165, 1.54) is 30.7 Å². The maximum Gasteiger partial charge on any atom is 0.254 e. The highest BCUT2D eigenvalue weighted by Gasteiger charge is 2.36. The number of carbonyl (C=O) groups excluding carboxylic acids is 2. The lowest BCUT2D eigenvalue weighted by molar-refractivity contribution is 0.0514. The van der Waals surface area contributed by atoms with Crippen LogP contribution in [0.1, 0.15) is 58.9 Å². The third kappa shape index (κ3) is 8.12. The summed E-state index contributed by atoms with van der Waals surface area (Å²) in [7, 11) is 1.59. The molecule has 0 saturated carbocycles. The molecule has 2 aromatic carbocycles. The highest BCUT2D eigenvalue weighted by molar-refractivity contribution is 6.01. The van der Waals surface area contributed by atoms with Crippen LogP contribution in [0.2, 0.25) is 0 Å². The molecule has 2 fully saturated rings. The number of carbonyl (C=O) groups is 2. The monoisotopic (exact) mass is 626 g/mol. The van der Waals surface area contributed by atoms with Gasteiger partial charge in [-0.15, -0.1) is 0 Å². The molecule has 2 aliphatic heterocycles. The van der Waals surface area contributed by atoms with Gasteiger partial charge in [0, 0.05) is 55.6 Å². The Bertz CT molecular complexity index is 1430. The second kappa shape index (κ2) is 15.0. The molecule has 3 heterocycles. The van der Waals surface area contributed by atoms with Crippen LogP contribution < -0.4 is 10.6 Å². The van der Waals surface area contributed by atoms with Crippen molar-refractivity contribution in [1.29, 1.82) is 0 Å². The number of methoxy groups -OCH3 is 1. The number of nitrogens with zero attached hydrogens (tertiary/aromatic N) is 2. The molecule has 5 atom stereocenters. The van der Waals surface area contributed by atoms with Gasteiger partial charge in [0.1, 0.15) is 17.9 Å². The lowest BCUT2D eigenvalue weighted by Gasteiger charge is -2.29. The first-order chi connectivity index (χ1) is 21.7. The number of hydrogen-bond donors (Lipinski definition) is 3. The number of halogens is 2. The topological polar surface area (TPSA) is 126 Å². The number of hydrogen-bond acceptors (Lipinski definition) is 8. The number of aromatic nitrogens is 1. The fraction of sp³-hybridized carbons (Fsp3) is 0.485. The summed E-state index contributed by atoms with van der Waals surface area (Å²) in [5.74, 6) is -2.12. The van der Waals surface area contributed by atoms with Crippen LogP contribution in [0.5, 0.6) is 0 Å². The van der Waals surface area contributed by atoms with Crippen LogP contribution in [0.4, 0.5) is 8.78 Å². The molecule has 5 rings (SSSR count). The molecule has 2 saturated heterocycles. The number of nitrogens with one attached hydrogen (secondary N) is 2. The van der Waals surface area contributed by atoms with Gasteiger partial charge in [0.25, 0.3) is 11.8 Å². The number of rotatable bonds is 13. The minimum absolute atomic E-state index is 0.0437. The highest BCUT2D eigenvalue weighted by atomic mass is 19.1. The van der Waals surface area contributed by atoms with Crippen LogP contribution in [0.3, 0.4) is 0 Å². The summed E-state index contributed by atoms with van der Waals surface area (Å²) in [6.45, 7) is 4.09. The minimum Gasteiger partial charge on any atom is -0.445 e. The van der Waals surface area contributed by atoms with E-state index in [2.05, 4.69) is 15.6 Å². The Balaban J connectivity index is 1.43. The van der Waals surface area contributed by atoms with Crippen molar-refractivity contribution < 1.29 is 37.4 Å². The molecular weight excluding hydrogens is 586 g/mol. The molecular formula is C33H40F2N4O6. The summed E-state index contributed by atoms with van der Waals surface area (Å²) < 4.78 is 44.8.